The monoisotopic (exact) mass is 464 g/mol. The molecule has 0 spiro atoms. The minimum Gasteiger partial charge on any atom is -0.493 e. The van der Waals surface area contributed by atoms with Crippen molar-refractivity contribution in [2.45, 2.75) is 6.92 Å². The fraction of sp³-hybridized carbons (Fsp3) is 0.0800. The molecule has 0 atom stereocenters. The van der Waals surface area contributed by atoms with Crippen molar-refractivity contribution in [3.63, 3.8) is 0 Å². The molecule has 1 aliphatic rings. The zero-order valence-corrected chi connectivity index (χ0v) is 18.5. The number of amides is 1. The van der Waals surface area contributed by atoms with Gasteiger partial charge in [-0.2, -0.15) is 10.1 Å². The molecule has 8 heteroatoms. The highest BCUT2D eigenvalue weighted by molar-refractivity contribution is 6.33. The van der Waals surface area contributed by atoms with Gasteiger partial charge in [0, 0.05) is 0 Å². The maximum atomic E-state index is 13.9. The van der Waals surface area contributed by atoms with Crippen LogP contribution in [0.3, 0.4) is 0 Å². The van der Waals surface area contributed by atoms with Crippen LogP contribution in [0.4, 0.5) is 10.1 Å². The Morgan fingerprint density at radius 2 is 1.79 bits per heavy atom. The Labute approximate surface area is 194 Å². The lowest BCUT2D eigenvalue weighted by Crippen LogP contribution is -2.21. The zero-order chi connectivity index (χ0) is 23.5. The Bertz CT molecular complexity index is 1310. The van der Waals surface area contributed by atoms with Gasteiger partial charge in [0.1, 0.15) is 5.82 Å². The normalized spacial score (nSPS) is 14.4. The molecule has 0 fully saturated rings. The molecule has 6 nitrogen and oxygen atoms in total. The van der Waals surface area contributed by atoms with Crippen LogP contribution in [0.2, 0.25) is 5.02 Å². The van der Waals surface area contributed by atoms with Crippen molar-refractivity contribution in [3.05, 3.63) is 94.3 Å². The van der Waals surface area contributed by atoms with Gasteiger partial charge in [0.25, 0.3) is 5.91 Å². The smallest absolute Gasteiger partial charge is 0.346 e. The average molecular weight is 465 g/mol. The minimum absolute atomic E-state index is 0.0522. The molecule has 4 rings (SSSR count). The van der Waals surface area contributed by atoms with Crippen LogP contribution in [-0.2, 0) is 4.79 Å². The van der Waals surface area contributed by atoms with Crippen LogP contribution in [0.15, 0.2) is 77.4 Å². The van der Waals surface area contributed by atoms with E-state index in [-0.39, 0.29) is 28.0 Å². The largest absolute Gasteiger partial charge is 0.493 e. The molecule has 1 aliphatic heterocycles. The first-order chi connectivity index (χ1) is 15.9. The molecule has 0 bridgehead atoms. The summed E-state index contributed by atoms with van der Waals surface area (Å²) in [6, 6.07) is 17.6. The second-order valence-electron chi connectivity index (χ2n) is 7.10. The van der Waals surface area contributed by atoms with E-state index in [1.807, 2.05) is 18.2 Å². The number of halogens is 2. The number of rotatable bonds is 5. The number of hydrogen-bond donors (Lipinski definition) is 0. The molecule has 0 unspecified atom stereocenters. The molecule has 33 heavy (non-hydrogen) atoms. The van der Waals surface area contributed by atoms with Gasteiger partial charge in [-0.25, -0.2) is 9.18 Å². The highest BCUT2D eigenvalue weighted by Crippen LogP contribution is 2.38. The van der Waals surface area contributed by atoms with Crippen LogP contribution in [0, 0.1) is 5.82 Å². The first-order valence-corrected chi connectivity index (χ1v) is 10.3. The van der Waals surface area contributed by atoms with Crippen LogP contribution in [0.25, 0.3) is 6.08 Å². The quantitative estimate of drug-likeness (QED) is 0.283. The Kier molecular flexibility index (Phi) is 6.24. The third-order valence-electron chi connectivity index (χ3n) is 4.91. The van der Waals surface area contributed by atoms with E-state index >= 15 is 0 Å². The maximum absolute atomic E-state index is 13.9. The molecule has 3 aromatic rings. The number of benzene rings is 3. The van der Waals surface area contributed by atoms with Crippen LogP contribution >= 0.6 is 11.6 Å². The van der Waals surface area contributed by atoms with E-state index in [4.69, 9.17) is 21.1 Å². The lowest BCUT2D eigenvalue weighted by molar-refractivity contribution is -0.114. The first-order valence-electron chi connectivity index (χ1n) is 9.90. The van der Waals surface area contributed by atoms with Crippen molar-refractivity contribution >= 4 is 41.0 Å². The number of methoxy groups -OCH3 is 1. The number of anilines is 1. The van der Waals surface area contributed by atoms with Crippen molar-refractivity contribution in [1.82, 2.24) is 0 Å². The number of nitrogens with zero attached hydrogens (tertiary/aromatic N) is 2. The van der Waals surface area contributed by atoms with Crippen molar-refractivity contribution in [1.29, 1.82) is 0 Å². The summed E-state index contributed by atoms with van der Waals surface area (Å²) in [6.07, 6.45) is 1.63. The van der Waals surface area contributed by atoms with Gasteiger partial charge < -0.3 is 9.47 Å². The van der Waals surface area contributed by atoms with Crippen molar-refractivity contribution in [2.75, 3.05) is 12.1 Å². The molecule has 166 valence electrons. The highest BCUT2D eigenvalue weighted by Gasteiger charge is 2.29. The number of ether oxygens (including phenoxy) is 2. The number of carbonyl (C=O) groups excluding carboxylic acids is 2. The molecule has 0 saturated carbocycles. The molecular weight excluding hydrogens is 447 g/mol. The third-order valence-corrected chi connectivity index (χ3v) is 5.20. The van der Waals surface area contributed by atoms with Crippen LogP contribution < -0.4 is 14.5 Å². The van der Waals surface area contributed by atoms with Gasteiger partial charge in [0.05, 0.1) is 34.7 Å². The Balaban J connectivity index is 1.64. The molecule has 1 amide bonds. The molecule has 0 aliphatic carbocycles. The Hall–Kier alpha value is -3.97. The number of para-hydroxylation sites is 1. The Morgan fingerprint density at radius 3 is 2.48 bits per heavy atom. The second kappa shape index (κ2) is 9.26. The predicted octanol–water partition coefficient (Wildman–Crippen LogP) is 5.51. The summed E-state index contributed by atoms with van der Waals surface area (Å²) in [4.78, 5) is 25.4. The fourth-order valence-corrected chi connectivity index (χ4v) is 3.55. The fourth-order valence-electron chi connectivity index (χ4n) is 3.29. The molecule has 1 heterocycles. The summed E-state index contributed by atoms with van der Waals surface area (Å²) in [5.74, 6) is -1.81. The Morgan fingerprint density at radius 1 is 1.09 bits per heavy atom. The van der Waals surface area contributed by atoms with Crippen molar-refractivity contribution in [3.8, 4) is 11.5 Å². The van der Waals surface area contributed by atoms with Crippen LogP contribution in [-0.4, -0.2) is 24.7 Å². The predicted molar refractivity (Wildman–Crippen MR) is 124 cm³/mol. The highest BCUT2D eigenvalue weighted by atomic mass is 35.5. The van der Waals surface area contributed by atoms with Crippen LogP contribution in [0.5, 0.6) is 11.5 Å². The summed E-state index contributed by atoms with van der Waals surface area (Å²) < 4.78 is 24.6. The summed E-state index contributed by atoms with van der Waals surface area (Å²) in [5, 5.41) is 5.73. The van der Waals surface area contributed by atoms with E-state index < -0.39 is 11.8 Å². The second-order valence-corrected chi connectivity index (χ2v) is 7.51. The van der Waals surface area contributed by atoms with E-state index in [9.17, 15) is 14.0 Å². The van der Waals surface area contributed by atoms with Gasteiger partial charge in [-0.3, -0.25) is 4.79 Å². The van der Waals surface area contributed by atoms with Gasteiger partial charge >= 0.3 is 5.97 Å². The zero-order valence-electron chi connectivity index (χ0n) is 17.7. The van der Waals surface area contributed by atoms with Crippen molar-refractivity contribution in [2.24, 2.45) is 5.10 Å². The number of carbonyl (C=O) groups is 2. The lowest BCUT2D eigenvalue weighted by Gasteiger charge is -2.13. The summed E-state index contributed by atoms with van der Waals surface area (Å²) >= 11 is 6.36. The van der Waals surface area contributed by atoms with E-state index in [0.29, 0.717) is 22.5 Å². The SMILES string of the molecule is COc1cc(/C=C2/C(=O)N(c3ccccc3)N=C2C)cc(Cl)c1OC(=O)c1ccccc1F. The van der Waals surface area contributed by atoms with Crippen molar-refractivity contribution < 1.29 is 23.5 Å². The average Bonchev–Trinajstić information content (AvgIpc) is 3.09. The van der Waals surface area contributed by atoms with Crippen LogP contribution in [0.1, 0.15) is 22.8 Å². The van der Waals surface area contributed by atoms with E-state index in [2.05, 4.69) is 5.10 Å². The molecule has 3 aromatic carbocycles. The molecule has 0 radical (unpaired) electrons. The summed E-state index contributed by atoms with van der Waals surface area (Å²) in [5.41, 5.74) is 1.87. The first kappa shape index (κ1) is 22.2. The van der Waals surface area contributed by atoms with E-state index in [1.165, 1.54) is 36.4 Å². The van der Waals surface area contributed by atoms with Gasteiger partial charge in [0.15, 0.2) is 11.5 Å². The van der Waals surface area contributed by atoms with Gasteiger partial charge in [0.2, 0.25) is 0 Å². The summed E-state index contributed by atoms with van der Waals surface area (Å²) in [6.45, 7) is 1.73. The number of hydrogen-bond acceptors (Lipinski definition) is 5. The van der Waals surface area contributed by atoms with E-state index in [0.717, 1.165) is 6.07 Å². The third kappa shape index (κ3) is 4.49. The molecule has 0 N–H and O–H groups in total. The van der Waals surface area contributed by atoms with Gasteiger partial charge in [-0.1, -0.05) is 41.9 Å². The molecule has 0 aromatic heterocycles. The molecular formula is C25H18ClFN2O4. The maximum Gasteiger partial charge on any atom is 0.346 e. The topological polar surface area (TPSA) is 68.2 Å². The summed E-state index contributed by atoms with van der Waals surface area (Å²) in [7, 11) is 1.38. The minimum atomic E-state index is -0.910. The van der Waals surface area contributed by atoms with E-state index in [1.54, 1.807) is 31.2 Å². The van der Waals surface area contributed by atoms with Gasteiger partial charge in [-0.15, -0.1) is 0 Å². The molecule has 0 saturated heterocycles. The lowest BCUT2D eigenvalue weighted by atomic mass is 10.1. The van der Waals surface area contributed by atoms with Gasteiger partial charge in [-0.05, 0) is 55.0 Å². The standard InChI is InChI=1S/C25H18ClFN2O4/c1-15-19(24(30)29(28-15)17-8-4-3-5-9-17)12-16-13-20(26)23(22(14-16)32-2)33-25(31)18-10-6-7-11-21(18)27/h3-14H,1-2H3/b19-12+. The number of esters is 1. The number of hydrazone groups is 1.